The van der Waals surface area contributed by atoms with Gasteiger partial charge in [0.25, 0.3) is 0 Å². The van der Waals surface area contributed by atoms with Crippen molar-refractivity contribution >= 4 is 48.9 Å². The number of sulfonamides is 1. The summed E-state index contributed by atoms with van der Waals surface area (Å²) in [7, 11) is -1.76. The lowest BCUT2D eigenvalue weighted by molar-refractivity contribution is 0.444. The first-order chi connectivity index (χ1) is 8.36. The van der Waals surface area contributed by atoms with Crippen molar-refractivity contribution in [1.29, 1.82) is 0 Å². The average Bonchev–Trinajstić information content (AvgIpc) is 2.85. The Kier molecular flexibility index (Phi) is 4.44. The molecule has 102 valence electrons. The van der Waals surface area contributed by atoms with Crippen LogP contribution in [0.25, 0.3) is 0 Å². The zero-order chi connectivity index (χ0) is 13.5. The van der Waals surface area contributed by atoms with E-state index in [0.717, 1.165) is 11.3 Å². The van der Waals surface area contributed by atoms with Gasteiger partial charge in [-0.15, -0.1) is 22.9 Å². The molecule has 0 spiro atoms. The lowest BCUT2D eigenvalue weighted by Gasteiger charge is -2.16. The van der Waals surface area contributed by atoms with E-state index >= 15 is 0 Å². The minimum atomic E-state index is -3.40. The van der Waals surface area contributed by atoms with Gasteiger partial charge in [0.2, 0.25) is 10.0 Å². The molecule has 3 nitrogen and oxygen atoms in total. The molecule has 0 radical (unpaired) electrons. The maximum atomic E-state index is 12.4. The number of rotatable bonds is 5. The van der Waals surface area contributed by atoms with E-state index in [2.05, 4.69) is 22.9 Å². The highest BCUT2D eigenvalue weighted by atomic mass is 79.9. The average molecular weight is 373 g/mol. The molecule has 2 unspecified atom stereocenters. The topological polar surface area (TPSA) is 37.4 Å². The van der Waals surface area contributed by atoms with Gasteiger partial charge in [-0.2, -0.15) is 0 Å². The van der Waals surface area contributed by atoms with Crippen molar-refractivity contribution in [2.45, 2.75) is 24.1 Å². The number of thiophene rings is 1. The molecule has 0 amide bonds. The predicted octanol–water partition coefficient (Wildman–Crippen LogP) is 3.53. The monoisotopic (exact) mass is 371 g/mol. The van der Waals surface area contributed by atoms with Crippen molar-refractivity contribution in [1.82, 2.24) is 4.31 Å². The fraction of sp³-hybridized carbons (Fsp3) is 0.636. The molecule has 1 saturated carbocycles. The summed E-state index contributed by atoms with van der Waals surface area (Å²) in [6, 6.07) is 1.66. The number of alkyl halides is 1. The standard InChI is InChI=1S/C11H15BrClNO2S2/c1-7-3-8(7)6-14(2)18(15,16)10-4-9(5-13)17-11(10)12/h4,7-8H,3,5-6H2,1-2H3. The van der Waals surface area contributed by atoms with Crippen LogP contribution in [-0.2, 0) is 15.9 Å². The van der Waals surface area contributed by atoms with Crippen molar-refractivity contribution in [3.63, 3.8) is 0 Å². The first-order valence-electron chi connectivity index (χ1n) is 5.66. The second-order valence-corrected chi connectivity index (χ2v) is 9.48. The van der Waals surface area contributed by atoms with Gasteiger partial charge in [0.05, 0.1) is 9.67 Å². The summed E-state index contributed by atoms with van der Waals surface area (Å²) >= 11 is 10.4. The fourth-order valence-corrected chi connectivity index (χ4v) is 5.84. The summed E-state index contributed by atoms with van der Waals surface area (Å²) < 4.78 is 26.9. The van der Waals surface area contributed by atoms with Gasteiger partial charge in [-0.1, -0.05) is 6.92 Å². The lowest BCUT2D eigenvalue weighted by Crippen LogP contribution is -2.29. The van der Waals surface area contributed by atoms with Gasteiger partial charge in [-0.05, 0) is 40.3 Å². The van der Waals surface area contributed by atoms with Crippen LogP contribution in [0.2, 0.25) is 0 Å². The Hall–Kier alpha value is 0.380. The number of nitrogens with zero attached hydrogens (tertiary/aromatic N) is 1. The first-order valence-corrected chi connectivity index (χ1v) is 9.25. The summed E-state index contributed by atoms with van der Waals surface area (Å²) in [5, 5.41) is 0. The summed E-state index contributed by atoms with van der Waals surface area (Å²) in [4.78, 5) is 1.19. The Morgan fingerprint density at radius 2 is 2.22 bits per heavy atom. The molecule has 1 fully saturated rings. The third kappa shape index (κ3) is 2.93. The Balaban J connectivity index is 2.20. The van der Waals surface area contributed by atoms with E-state index in [1.807, 2.05) is 0 Å². The van der Waals surface area contributed by atoms with E-state index in [4.69, 9.17) is 11.6 Å². The Morgan fingerprint density at radius 1 is 1.61 bits per heavy atom. The molecule has 1 aromatic heterocycles. The number of hydrogen-bond acceptors (Lipinski definition) is 3. The maximum absolute atomic E-state index is 12.4. The Morgan fingerprint density at radius 3 is 2.67 bits per heavy atom. The van der Waals surface area contributed by atoms with Gasteiger partial charge in [0, 0.05) is 18.5 Å². The van der Waals surface area contributed by atoms with Crippen LogP contribution in [0.1, 0.15) is 18.2 Å². The van der Waals surface area contributed by atoms with Gasteiger partial charge in [-0.3, -0.25) is 0 Å². The SMILES string of the molecule is CC1CC1CN(C)S(=O)(=O)c1cc(CCl)sc1Br. The van der Waals surface area contributed by atoms with Crippen LogP contribution < -0.4 is 0 Å². The molecule has 1 aliphatic carbocycles. The summed E-state index contributed by atoms with van der Waals surface area (Å²) in [6.45, 7) is 2.75. The fourth-order valence-electron chi connectivity index (χ4n) is 1.89. The second kappa shape index (κ2) is 5.40. The number of halogens is 2. The van der Waals surface area contributed by atoms with E-state index in [1.54, 1.807) is 13.1 Å². The second-order valence-electron chi connectivity index (χ2n) is 4.74. The molecule has 1 aromatic rings. The minimum absolute atomic E-state index is 0.332. The number of hydrogen-bond donors (Lipinski definition) is 0. The van der Waals surface area contributed by atoms with Crippen LogP contribution in [-0.4, -0.2) is 26.3 Å². The minimum Gasteiger partial charge on any atom is -0.207 e. The predicted molar refractivity (Wildman–Crippen MR) is 78.7 cm³/mol. The zero-order valence-electron chi connectivity index (χ0n) is 10.2. The van der Waals surface area contributed by atoms with E-state index < -0.39 is 10.0 Å². The van der Waals surface area contributed by atoms with Gasteiger partial charge in [0.1, 0.15) is 4.90 Å². The zero-order valence-corrected chi connectivity index (χ0v) is 14.2. The summed E-state index contributed by atoms with van der Waals surface area (Å²) in [5.41, 5.74) is 0. The van der Waals surface area contributed by atoms with Crippen molar-refractivity contribution in [2.24, 2.45) is 11.8 Å². The van der Waals surface area contributed by atoms with Gasteiger partial charge in [-0.25, -0.2) is 12.7 Å². The van der Waals surface area contributed by atoms with Crippen molar-refractivity contribution in [3.8, 4) is 0 Å². The Bertz CT molecular complexity index is 543. The molecule has 0 aromatic carbocycles. The van der Waals surface area contributed by atoms with Crippen LogP contribution in [0.4, 0.5) is 0 Å². The third-order valence-corrected chi connectivity index (χ3v) is 7.82. The molecular formula is C11H15BrClNO2S2. The highest BCUT2D eigenvalue weighted by Crippen LogP contribution is 2.40. The van der Waals surface area contributed by atoms with Crippen LogP contribution in [0, 0.1) is 11.8 Å². The highest BCUT2D eigenvalue weighted by molar-refractivity contribution is 9.11. The van der Waals surface area contributed by atoms with Gasteiger partial charge in [0.15, 0.2) is 0 Å². The first kappa shape index (κ1) is 14.8. The van der Waals surface area contributed by atoms with Crippen LogP contribution in [0.5, 0.6) is 0 Å². The normalized spacial score (nSPS) is 23.6. The van der Waals surface area contributed by atoms with Crippen molar-refractivity contribution in [2.75, 3.05) is 13.6 Å². The maximum Gasteiger partial charge on any atom is 0.244 e. The Labute approximate surface area is 125 Å². The summed E-state index contributed by atoms with van der Waals surface area (Å²) in [5.74, 6) is 1.49. The van der Waals surface area contributed by atoms with Gasteiger partial charge < -0.3 is 0 Å². The van der Waals surface area contributed by atoms with Crippen LogP contribution in [0.3, 0.4) is 0 Å². The summed E-state index contributed by atoms with van der Waals surface area (Å²) in [6.07, 6.45) is 1.12. The van der Waals surface area contributed by atoms with E-state index in [0.29, 0.717) is 32.9 Å². The molecule has 0 saturated heterocycles. The lowest BCUT2D eigenvalue weighted by atomic mass is 10.3. The van der Waals surface area contributed by atoms with E-state index in [1.165, 1.54) is 15.6 Å². The molecule has 0 N–H and O–H groups in total. The molecular weight excluding hydrogens is 358 g/mol. The quantitative estimate of drug-likeness (QED) is 0.742. The molecule has 1 aliphatic rings. The molecule has 18 heavy (non-hydrogen) atoms. The van der Waals surface area contributed by atoms with Crippen molar-refractivity contribution in [3.05, 3.63) is 14.7 Å². The highest BCUT2D eigenvalue weighted by Gasteiger charge is 2.36. The smallest absolute Gasteiger partial charge is 0.207 e. The van der Waals surface area contributed by atoms with E-state index in [-0.39, 0.29) is 0 Å². The largest absolute Gasteiger partial charge is 0.244 e. The molecule has 1 heterocycles. The molecule has 0 bridgehead atoms. The molecule has 0 aliphatic heterocycles. The van der Waals surface area contributed by atoms with Crippen LogP contribution in [0.15, 0.2) is 14.7 Å². The molecule has 2 atom stereocenters. The molecule has 2 rings (SSSR count). The van der Waals surface area contributed by atoms with E-state index in [9.17, 15) is 8.42 Å². The van der Waals surface area contributed by atoms with Crippen molar-refractivity contribution < 1.29 is 8.42 Å². The van der Waals surface area contributed by atoms with Crippen LogP contribution >= 0.6 is 38.9 Å². The van der Waals surface area contributed by atoms with Gasteiger partial charge >= 0.3 is 0 Å². The molecule has 7 heteroatoms. The third-order valence-electron chi connectivity index (χ3n) is 3.29.